The van der Waals surface area contributed by atoms with E-state index in [2.05, 4.69) is 6.92 Å². The smallest absolute Gasteiger partial charge is 0.303 e. The number of carboxylic acids is 1. The van der Waals surface area contributed by atoms with Crippen molar-refractivity contribution in [2.24, 2.45) is 0 Å². The van der Waals surface area contributed by atoms with Crippen molar-refractivity contribution in [3.05, 3.63) is 0 Å². The normalized spacial score (nSPS) is 11.9. The van der Waals surface area contributed by atoms with Crippen LogP contribution < -0.4 is 0 Å². The quantitative estimate of drug-likeness (QED) is 0.288. The maximum Gasteiger partial charge on any atom is 0.303 e. The molecule has 0 heterocycles. The standard InChI is InChI=1S/C18H36O3.Zn/c1-2-3-4-11-14-17(19)15-12-9-7-5-6-8-10-13-16-18(20)21;/h17,19H,2-16H2,1H3,(H,20,21);/t17-;/m1./s1. The molecule has 22 heavy (non-hydrogen) atoms. The van der Waals surface area contributed by atoms with Crippen LogP contribution in [-0.4, -0.2) is 22.3 Å². The first-order valence-corrected chi connectivity index (χ1v) is 9.06. The summed E-state index contributed by atoms with van der Waals surface area (Å²) >= 11 is 0. The fourth-order valence-electron chi connectivity index (χ4n) is 2.67. The minimum Gasteiger partial charge on any atom is -0.481 e. The van der Waals surface area contributed by atoms with Crippen molar-refractivity contribution in [3.8, 4) is 0 Å². The molecular formula is C18H36O3Zn. The van der Waals surface area contributed by atoms with Gasteiger partial charge in [-0.2, -0.15) is 0 Å². The Morgan fingerprint density at radius 2 is 1.18 bits per heavy atom. The number of rotatable bonds is 16. The Bertz CT molecular complexity index is 234. The van der Waals surface area contributed by atoms with Crippen LogP contribution in [0.4, 0.5) is 0 Å². The summed E-state index contributed by atoms with van der Waals surface area (Å²) in [4.78, 5) is 10.3. The van der Waals surface area contributed by atoms with E-state index >= 15 is 0 Å². The second kappa shape index (κ2) is 19.1. The SMILES string of the molecule is CCCCCC[C@@H](O)CCCCCCCCCCC(=O)O.[Zn]. The van der Waals surface area contributed by atoms with Gasteiger partial charge in [0.2, 0.25) is 0 Å². The summed E-state index contributed by atoms with van der Waals surface area (Å²) in [7, 11) is 0. The molecule has 0 aliphatic rings. The number of aliphatic hydroxyl groups excluding tert-OH is 1. The van der Waals surface area contributed by atoms with Crippen molar-refractivity contribution < 1.29 is 34.5 Å². The topological polar surface area (TPSA) is 57.5 Å². The molecule has 0 saturated carbocycles. The third kappa shape index (κ3) is 20.1. The Morgan fingerprint density at radius 1 is 0.773 bits per heavy atom. The Morgan fingerprint density at radius 3 is 1.64 bits per heavy atom. The molecule has 0 saturated heterocycles. The van der Waals surface area contributed by atoms with Gasteiger partial charge >= 0.3 is 5.97 Å². The molecular weight excluding hydrogens is 330 g/mol. The number of carbonyl (C=O) groups is 1. The van der Waals surface area contributed by atoms with Crippen LogP contribution in [-0.2, 0) is 24.3 Å². The third-order valence-electron chi connectivity index (χ3n) is 4.07. The molecule has 128 valence electrons. The van der Waals surface area contributed by atoms with E-state index in [0.29, 0.717) is 6.42 Å². The first kappa shape index (κ1) is 24.3. The van der Waals surface area contributed by atoms with Crippen LogP contribution in [0.1, 0.15) is 103 Å². The average Bonchev–Trinajstić information content (AvgIpc) is 2.45. The zero-order valence-electron chi connectivity index (χ0n) is 14.7. The number of aliphatic carboxylic acids is 1. The van der Waals surface area contributed by atoms with Gasteiger partial charge in [0.05, 0.1) is 6.10 Å². The summed E-state index contributed by atoms with van der Waals surface area (Å²) < 4.78 is 0. The van der Waals surface area contributed by atoms with Crippen LogP contribution >= 0.6 is 0 Å². The van der Waals surface area contributed by atoms with Crippen molar-refractivity contribution in [2.75, 3.05) is 0 Å². The van der Waals surface area contributed by atoms with Crippen molar-refractivity contribution in [2.45, 2.75) is 109 Å². The summed E-state index contributed by atoms with van der Waals surface area (Å²) in [5.41, 5.74) is 0. The van der Waals surface area contributed by atoms with Crippen LogP contribution in [0.15, 0.2) is 0 Å². The molecule has 0 fully saturated rings. The van der Waals surface area contributed by atoms with E-state index in [0.717, 1.165) is 38.5 Å². The van der Waals surface area contributed by atoms with Gasteiger partial charge in [-0.25, -0.2) is 0 Å². The van der Waals surface area contributed by atoms with Crippen molar-refractivity contribution in [3.63, 3.8) is 0 Å². The summed E-state index contributed by atoms with van der Waals surface area (Å²) in [6, 6.07) is 0. The van der Waals surface area contributed by atoms with Crippen molar-refractivity contribution in [1.82, 2.24) is 0 Å². The van der Waals surface area contributed by atoms with Crippen LogP contribution in [0.5, 0.6) is 0 Å². The second-order valence-corrected chi connectivity index (χ2v) is 6.26. The van der Waals surface area contributed by atoms with E-state index in [4.69, 9.17) is 5.11 Å². The van der Waals surface area contributed by atoms with Gasteiger partial charge in [-0.1, -0.05) is 77.6 Å². The van der Waals surface area contributed by atoms with Gasteiger partial charge in [0, 0.05) is 25.9 Å². The minimum absolute atomic E-state index is 0. The molecule has 0 bridgehead atoms. The summed E-state index contributed by atoms with van der Waals surface area (Å²) in [5, 5.41) is 18.4. The summed E-state index contributed by atoms with van der Waals surface area (Å²) in [6.45, 7) is 2.21. The van der Waals surface area contributed by atoms with Gasteiger partial charge in [-0.05, 0) is 19.3 Å². The van der Waals surface area contributed by atoms with Crippen LogP contribution in [0, 0.1) is 0 Å². The third-order valence-corrected chi connectivity index (χ3v) is 4.07. The second-order valence-electron chi connectivity index (χ2n) is 6.26. The molecule has 4 heteroatoms. The summed E-state index contributed by atoms with van der Waals surface area (Å²) in [6.07, 6.45) is 16.3. The fraction of sp³-hybridized carbons (Fsp3) is 0.944. The average molecular weight is 366 g/mol. The Hall–Kier alpha value is 0.0534. The van der Waals surface area contributed by atoms with E-state index in [9.17, 15) is 9.90 Å². The molecule has 0 radical (unpaired) electrons. The molecule has 0 aromatic rings. The zero-order chi connectivity index (χ0) is 15.8. The number of carboxylic acid groups (broad SMARTS) is 1. The van der Waals surface area contributed by atoms with E-state index < -0.39 is 5.97 Å². The fourth-order valence-corrected chi connectivity index (χ4v) is 2.67. The van der Waals surface area contributed by atoms with Gasteiger partial charge in [0.25, 0.3) is 0 Å². The Kier molecular flexibility index (Phi) is 21.1. The Balaban J connectivity index is 0. The maximum absolute atomic E-state index is 10.3. The number of unbranched alkanes of at least 4 members (excludes halogenated alkanes) is 10. The molecule has 0 spiro atoms. The molecule has 1 atom stereocenters. The predicted octanol–water partition coefficient (Wildman–Crippen LogP) is 5.30. The minimum atomic E-state index is -0.678. The first-order chi connectivity index (χ1) is 10.2. The predicted molar refractivity (Wildman–Crippen MR) is 88.6 cm³/mol. The van der Waals surface area contributed by atoms with E-state index in [1.165, 1.54) is 51.4 Å². The number of hydrogen-bond acceptors (Lipinski definition) is 2. The number of hydrogen-bond donors (Lipinski definition) is 2. The first-order valence-electron chi connectivity index (χ1n) is 9.06. The zero-order valence-corrected chi connectivity index (χ0v) is 17.7. The van der Waals surface area contributed by atoms with Crippen LogP contribution in [0.2, 0.25) is 0 Å². The Labute approximate surface area is 150 Å². The van der Waals surface area contributed by atoms with E-state index in [-0.39, 0.29) is 25.6 Å². The summed E-state index contributed by atoms with van der Waals surface area (Å²) in [5.74, 6) is -0.678. The van der Waals surface area contributed by atoms with Gasteiger partial charge in [-0.3, -0.25) is 4.79 Å². The van der Waals surface area contributed by atoms with E-state index in [1.807, 2.05) is 0 Å². The molecule has 0 aliphatic heterocycles. The monoisotopic (exact) mass is 364 g/mol. The molecule has 0 unspecified atom stereocenters. The molecule has 0 aromatic heterocycles. The van der Waals surface area contributed by atoms with Crippen LogP contribution in [0.25, 0.3) is 0 Å². The van der Waals surface area contributed by atoms with Gasteiger partial charge in [-0.15, -0.1) is 0 Å². The molecule has 0 amide bonds. The molecule has 2 N–H and O–H groups in total. The largest absolute Gasteiger partial charge is 0.481 e. The van der Waals surface area contributed by atoms with Crippen LogP contribution in [0.3, 0.4) is 0 Å². The van der Waals surface area contributed by atoms with Crippen molar-refractivity contribution >= 4 is 5.97 Å². The molecule has 0 aromatic carbocycles. The van der Waals surface area contributed by atoms with Crippen molar-refractivity contribution in [1.29, 1.82) is 0 Å². The van der Waals surface area contributed by atoms with Gasteiger partial charge < -0.3 is 10.2 Å². The molecule has 0 rings (SSSR count). The van der Waals surface area contributed by atoms with E-state index in [1.54, 1.807) is 0 Å². The number of aliphatic hydroxyl groups is 1. The van der Waals surface area contributed by atoms with Gasteiger partial charge in [0.15, 0.2) is 0 Å². The van der Waals surface area contributed by atoms with Gasteiger partial charge in [0.1, 0.15) is 0 Å². The molecule has 0 aliphatic carbocycles. The molecule has 3 nitrogen and oxygen atoms in total. The maximum atomic E-state index is 10.3.